The molecule has 0 aliphatic rings. The molecule has 0 bridgehead atoms. The Labute approximate surface area is 103 Å². The van der Waals surface area contributed by atoms with Crippen molar-refractivity contribution in [3.8, 4) is 0 Å². The van der Waals surface area contributed by atoms with E-state index in [1.165, 1.54) is 0 Å². The Bertz CT molecular complexity index is 515. The highest BCUT2D eigenvalue weighted by Gasteiger charge is 2.37. The molecule has 1 aromatic carbocycles. The molecule has 0 atom stereocenters. The highest BCUT2D eigenvalue weighted by Crippen LogP contribution is 2.37. The van der Waals surface area contributed by atoms with Crippen LogP contribution in [0.1, 0.15) is 16.7 Å². The second-order valence-corrected chi connectivity index (χ2v) is 3.53. The van der Waals surface area contributed by atoms with Gasteiger partial charge in [-0.15, -0.1) is 0 Å². The van der Waals surface area contributed by atoms with Gasteiger partial charge in [0.05, 0.1) is 11.1 Å². The van der Waals surface area contributed by atoms with Gasteiger partial charge in [-0.1, -0.05) is 6.07 Å². The lowest BCUT2D eigenvalue weighted by atomic mass is 10.0. The van der Waals surface area contributed by atoms with Gasteiger partial charge in [-0.25, -0.2) is 0 Å². The molecule has 0 aliphatic heterocycles. The van der Waals surface area contributed by atoms with Gasteiger partial charge in [0, 0.05) is 6.08 Å². The molecule has 0 saturated heterocycles. The topological polar surface area (TPSA) is 43.1 Å². The van der Waals surface area contributed by atoms with Crippen LogP contribution in [0, 0.1) is 0 Å². The average Bonchev–Trinajstić information content (AvgIpc) is 2.23. The summed E-state index contributed by atoms with van der Waals surface area (Å²) in [6.07, 6.45) is -8.51. The van der Waals surface area contributed by atoms with Gasteiger partial charge in [0.15, 0.2) is 0 Å². The lowest BCUT2D eigenvalue weighted by Gasteiger charge is -2.14. The van der Waals surface area contributed by atoms with Gasteiger partial charge in [0.25, 0.3) is 0 Å². The molecular weight excluding hydrogens is 276 g/mol. The molecule has 2 nitrogen and oxygen atoms in total. The zero-order chi connectivity index (χ0) is 14.8. The third kappa shape index (κ3) is 4.01. The maximum Gasteiger partial charge on any atom is 0.417 e. The van der Waals surface area contributed by atoms with Crippen molar-refractivity contribution in [2.45, 2.75) is 12.4 Å². The van der Waals surface area contributed by atoms with Gasteiger partial charge in [-0.2, -0.15) is 26.3 Å². The summed E-state index contributed by atoms with van der Waals surface area (Å²) in [5.41, 5.74) is 1.23. The van der Waals surface area contributed by atoms with Gasteiger partial charge < -0.3 is 5.73 Å². The number of halogens is 6. The van der Waals surface area contributed by atoms with Crippen molar-refractivity contribution in [3.05, 3.63) is 41.0 Å². The lowest BCUT2D eigenvalue weighted by molar-refractivity contribution is -0.143. The van der Waals surface area contributed by atoms with E-state index in [1.807, 2.05) is 0 Å². The molecule has 1 rings (SSSR count). The Morgan fingerprint density at radius 1 is 1.05 bits per heavy atom. The number of primary amides is 1. The fourth-order valence-electron chi connectivity index (χ4n) is 1.30. The minimum Gasteiger partial charge on any atom is -0.366 e. The van der Waals surface area contributed by atoms with Crippen LogP contribution < -0.4 is 5.73 Å². The number of nitrogens with two attached hydrogens (primary N) is 1. The van der Waals surface area contributed by atoms with E-state index in [9.17, 15) is 31.1 Å². The van der Waals surface area contributed by atoms with Gasteiger partial charge in [-0.05, 0) is 23.8 Å². The van der Waals surface area contributed by atoms with E-state index in [0.717, 1.165) is 0 Å². The Balaban J connectivity index is 3.38. The lowest BCUT2D eigenvalue weighted by Crippen LogP contribution is -2.12. The molecule has 8 heteroatoms. The van der Waals surface area contributed by atoms with Crippen LogP contribution in [0.5, 0.6) is 0 Å². The van der Waals surface area contributed by atoms with Crippen molar-refractivity contribution < 1.29 is 31.1 Å². The third-order valence-corrected chi connectivity index (χ3v) is 2.11. The summed E-state index contributed by atoms with van der Waals surface area (Å²) in [6, 6.07) is 1.11. The number of carbonyl (C=O) groups is 1. The second-order valence-electron chi connectivity index (χ2n) is 3.53. The van der Waals surface area contributed by atoms with E-state index in [1.54, 1.807) is 0 Å². The first-order valence-electron chi connectivity index (χ1n) is 4.78. The first kappa shape index (κ1) is 15.1. The van der Waals surface area contributed by atoms with Gasteiger partial charge in [0.1, 0.15) is 0 Å². The molecule has 1 aromatic rings. The zero-order valence-electron chi connectivity index (χ0n) is 9.14. The number of hydrogen-bond donors (Lipinski definition) is 1. The minimum atomic E-state index is -4.97. The number of carbonyl (C=O) groups excluding carboxylic acids is 1. The first-order valence-corrected chi connectivity index (χ1v) is 4.78. The van der Waals surface area contributed by atoms with Crippen LogP contribution in [0.25, 0.3) is 6.08 Å². The Morgan fingerprint density at radius 3 is 2.05 bits per heavy atom. The highest BCUT2D eigenvalue weighted by molar-refractivity contribution is 5.90. The summed E-state index contributed by atoms with van der Waals surface area (Å²) >= 11 is 0. The molecule has 0 radical (unpaired) electrons. The van der Waals surface area contributed by atoms with Crippen molar-refractivity contribution in [3.63, 3.8) is 0 Å². The number of rotatable bonds is 2. The molecule has 0 aliphatic carbocycles. The van der Waals surface area contributed by atoms with Crippen LogP contribution in [-0.4, -0.2) is 5.91 Å². The van der Waals surface area contributed by atoms with Crippen molar-refractivity contribution in [1.82, 2.24) is 0 Å². The van der Waals surface area contributed by atoms with E-state index in [4.69, 9.17) is 5.73 Å². The number of hydrogen-bond acceptors (Lipinski definition) is 1. The summed E-state index contributed by atoms with van der Waals surface area (Å²) < 4.78 is 74.9. The van der Waals surface area contributed by atoms with Crippen molar-refractivity contribution in [2.75, 3.05) is 0 Å². The predicted molar refractivity (Wildman–Crippen MR) is 54.7 cm³/mol. The molecule has 19 heavy (non-hydrogen) atoms. The van der Waals surface area contributed by atoms with Crippen LogP contribution in [0.2, 0.25) is 0 Å². The Morgan fingerprint density at radius 2 is 1.63 bits per heavy atom. The molecule has 0 fully saturated rings. The highest BCUT2D eigenvalue weighted by atomic mass is 19.4. The van der Waals surface area contributed by atoms with Gasteiger partial charge in [-0.3, -0.25) is 4.79 Å². The number of alkyl halides is 6. The zero-order valence-corrected chi connectivity index (χ0v) is 9.14. The van der Waals surface area contributed by atoms with Crippen molar-refractivity contribution in [2.24, 2.45) is 5.73 Å². The Kier molecular flexibility index (Phi) is 3.92. The fraction of sp³-hybridized carbons (Fsp3) is 0.182. The van der Waals surface area contributed by atoms with E-state index >= 15 is 0 Å². The molecule has 2 N–H and O–H groups in total. The summed E-state index contributed by atoms with van der Waals surface area (Å²) in [5, 5.41) is 0. The molecule has 104 valence electrons. The van der Waals surface area contributed by atoms with E-state index in [0.29, 0.717) is 24.3 Å². The SMILES string of the molecule is NC(=O)/C=C\c1ccc(C(F)(F)F)cc1C(F)(F)F. The molecular formula is C11H7F6NO. The van der Waals surface area contributed by atoms with Crippen LogP contribution in [0.15, 0.2) is 24.3 Å². The monoisotopic (exact) mass is 283 g/mol. The third-order valence-electron chi connectivity index (χ3n) is 2.11. The summed E-state index contributed by atoms with van der Waals surface area (Å²) in [5.74, 6) is -1.01. The predicted octanol–water partition coefficient (Wildman–Crippen LogP) is 3.22. The first-order chi connectivity index (χ1) is 8.51. The Hall–Kier alpha value is -1.99. The number of amides is 1. The van der Waals surface area contributed by atoms with Crippen LogP contribution >= 0.6 is 0 Å². The van der Waals surface area contributed by atoms with Crippen LogP contribution in [-0.2, 0) is 17.1 Å². The maximum absolute atomic E-state index is 12.6. The largest absolute Gasteiger partial charge is 0.417 e. The quantitative estimate of drug-likeness (QED) is 0.657. The summed E-state index contributed by atoms with van der Waals surface area (Å²) in [4.78, 5) is 10.4. The van der Waals surface area contributed by atoms with Crippen molar-refractivity contribution >= 4 is 12.0 Å². The molecule has 0 saturated carbocycles. The number of benzene rings is 1. The fourth-order valence-corrected chi connectivity index (χ4v) is 1.30. The van der Waals surface area contributed by atoms with Crippen LogP contribution in [0.3, 0.4) is 0 Å². The van der Waals surface area contributed by atoms with E-state index < -0.39 is 35.0 Å². The van der Waals surface area contributed by atoms with E-state index in [-0.39, 0.29) is 6.07 Å². The normalized spacial score (nSPS) is 12.9. The summed E-state index contributed by atoms with van der Waals surface area (Å²) in [7, 11) is 0. The molecule has 0 aromatic heterocycles. The smallest absolute Gasteiger partial charge is 0.366 e. The van der Waals surface area contributed by atoms with Crippen molar-refractivity contribution in [1.29, 1.82) is 0 Å². The maximum atomic E-state index is 12.6. The average molecular weight is 283 g/mol. The summed E-state index contributed by atoms with van der Waals surface area (Å²) in [6.45, 7) is 0. The molecule has 0 unspecified atom stereocenters. The van der Waals surface area contributed by atoms with E-state index in [2.05, 4.69) is 0 Å². The second kappa shape index (κ2) is 4.94. The minimum absolute atomic E-state index is 0.0132. The molecule has 1 amide bonds. The molecule has 0 heterocycles. The van der Waals surface area contributed by atoms with Gasteiger partial charge >= 0.3 is 12.4 Å². The molecule has 0 spiro atoms. The standard InChI is InChI=1S/C11H7F6NO/c12-10(13,14)7-3-1-6(2-4-9(18)19)8(5-7)11(15,16)17/h1-5H,(H2,18,19)/b4-2-. The van der Waals surface area contributed by atoms with Gasteiger partial charge in [0.2, 0.25) is 5.91 Å². The van der Waals surface area contributed by atoms with Crippen LogP contribution in [0.4, 0.5) is 26.3 Å².